The van der Waals surface area contributed by atoms with Crippen molar-refractivity contribution in [2.75, 3.05) is 19.3 Å². The zero-order valence-electron chi connectivity index (χ0n) is 16.0. The predicted molar refractivity (Wildman–Crippen MR) is 104 cm³/mol. The topological polar surface area (TPSA) is 84.3 Å². The van der Waals surface area contributed by atoms with E-state index in [0.29, 0.717) is 25.9 Å². The van der Waals surface area contributed by atoms with Crippen molar-refractivity contribution in [3.63, 3.8) is 0 Å². The van der Waals surface area contributed by atoms with Gasteiger partial charge in [0.2, 0.25) is 15.9 Å². The molecule has 1 fully saturated rings. The Morgan fingerprint density at radius 3 is 2.63 bits per heavy atom. The van der Waals surface area contributed by atoms with Crippen LogP contribution < -0.4 is 5.32 Å². The number of piperidine rings is 1. The highest BCUT2D eigenvalue weighted by Gasteiger charge is 2.30. The summed E-state index contributed by atoms with van der Waals surface area (Å²) in [5.41, 5.74) is 3.83. The van der Waals surface area contributed by atoms with Crippen LogP contribution in [0.5, 0.6) is 0 Å². The van der Waals surface area contributed by atoms with Gasteiger partial charge in [0, 0.05) is 30.9 Å². The Balaban J connectivity index is 1.68. The summed E-state index contributed by atoms with van der Waals surface area (Å²) in [5, 5.41) is 7.57. The average molecular weight is 391 g/mol. The van der Waals surface area contributed by atoms with Gasteiger partial charge >= 0.3 is 0 Å². The second kappa shape index (κ2) is 7.82. The second-order valence-electron chi connectivity index (χ2n) is 7.07. The van der Waals surface area contributed by atoms with E-state index in [2.05, 4.69) is 10.4 Å². The number of nitrogens with one attached hydrogen (secondary N) is 1. The number of aromatic nitrogens is 2. The first-order valence-electron chi connectivity index (χ1n) is 9.10. The summed E-state index contributed by atoms with van der Waals surface area (Å²) in [4.78, 5) is 12.6. The molecule has 1 saturated heterocycles. The Hall–Kier alpha value is -2.19. The summed E-state index contributed by atoms with van der Waals surface area (Å²) in [7, 11) is -3.26. The van der Waals surface area contributed by atoms with E-state index in [-0.39, 0.29) is 18.4 Å². The van der Waals surface area contributed by atoms with Crippen LogP contribution >= 0.6 is 0 Å². The van der Waals surface area contributed by atoms with Crippen LogP contribution in [0.1, 0.15) is 29.8 Å². The van der Waals surface area contributed by atoms with E-state index in [1.165, 1.54) is 10.6 Å². The van der Waals surface area contributed by atoms with Gasteiger partial charge in [-0.05, 0) is 38.8 Å². The third-order valence-electron chi connectivity index (χ3n) is 5.11. The number of aryl methyl sites for hydroxylation is 1. The highest BCUT2D eigenvalue weighted by molar-refractivity contribution is 7.88. The maximum atomic E-state index is 12.6. The lowest BCUT2D eigenvalue weighted by Gasteiger charge is -2.30. The fraction of sp³-hybridized carbons (Fsp3) is 0.474. The van der Waals surface area contributed by atoms with Gasteiger partial charge in [-0.2, -0.15) is 5.10 Å². The zero-order valence-corrected chi connectivity index (χ0v) is 16.8. The number of sulfonamides is 1. The standard InChI is InChI=1S/C19H26N4O3S/c1-14-18(15(2)23(21-14)17-9-5-4-6-10-17)12-20-19(24)16-8-7-11-22(13-16)27(3,25)26/h4-6,9-10,16H,7-8,11-13H2,1-3H3,(H,20,24)/t16-/m0/s1. The van der Waals surface area contributed by atoms with Crippen LogP contribution in [-0.4, -0.2) is 47.8 Å². The lowest BCUT2D eigenvalue weighted by Crippen LogP contribution is -2.44. The highest BCUT2D eigenvalue weighted by atomic mass is 32.2. The molecule has 27 heavy (non-hydrogen) atoms. The summed E-state index contributed by atoms with van der Waals surface area (Å²) in [6.07, 6.45) is 2.60. The molecular formula is C19H26N4O3S. The number of hydrogen-bond acceptors (Lipinski definition) is 4. The largest absolute Gasteiger partial charge is 0.352 e. The summed E-state index contributed by atoms with van der Waals surface area (Å²) in [5.74, 6) is -0.409. The van der Waals surface area contributed by atoms with Crippen LogP contribution in [-0.2, 0) is 21.4 Å². The van der Waals surface area contributed by atoms with E-state index >= 15 is 0 Å². The van der Waals surface area contributed by atoms with E-state index < -0.39 is 10.0 Å². The summed E-state index contributed by atoms with van der Waals surface area (Å²) in [6.45, 7) is 5.05. The lowest BCUT2D eigenvalue weighted by atomic mass is 9.98. The first-order chi connectivity index (χ1) is 12.8. The van der Waals surface area contributed by atoms with Crippen molar-refractivity contribution in [2.24, 2.45) is 5.92 Å². The minimum Gasteiger partial charge on any atom is -0.352 e. The molecule has 1 aliphatic heterocycles. The molecule has 3 rings (SSSR count). The molecule has 0 saturated carbocycles. The monoisotopic (exact) mass is 390 g/mol. The van der Waals surface area contributed by atoms with E-state index in [1.54, 1.807) is 0 Å². The second-order valence-corrected chi connectivity index (χ2v) is 9.06. The third-order valence-corrected chi connectivity index (χ3v) is 6.37. The van der Waals surface area contributed by atoms with Gasteiger partial charge in [-0.15, -0.1) is 0 Å². The molecule has 0 spiro atoms. The number of rotatable bonds is 5. The molecule has 1 amide bonds. The van der Waals surface area contributed by atoms with Crippen LogP contribution in [0.4, 0.5) is 0 Å². The van der Waals surface area contributed by atoms with E-state index in [9.17, 15) is 13.2 Å². The van der Waals surface area contributed by atoms with Gasteiger partial charge in [-0.25, -0.2) is 17.4 Å². The normalized spacial score (nSPS) is 18.4. The van der Waals surface area contributed by atoms with Gasteiger partial charge in [0.15, 0.2) is 0 Å². The zero-order chi connectivity index (χ0) is 19.6. The minimum atomic E-state index is -3.26. The number of hydrogen-bond donors (Lipinski definition) is 1. The molecule has 0 bridgehead atoms. The maximum Gasteiger partial charge on any atom is 0.224 e. The number of carbonyl (C=O) groups is 1. The Bertz CT molecular complexity index is 922. The van der Waals surface area contributed by atoms with Crippen molar-refractivity contribution in [1.82, 2.24) is 19.4 Å². The molecule has 0 unspecified atom stereocenters. The Morgan fingerprint density at radius 1 is 1.26 bits per heavy atom. The first-order valence-corrected chi connectivity index (χ1v) is 11.0. The van der Waals surface area contributed by atoms with Crippen LogP contribution in [0.2, 0.25) is 0 Å². The van der Waals surface area contributed by atoms with Gasteiger partial charge in [-0.3, -0.25) is 4.79 Å². The predicted octanol–water partition coefficient (Wildman–Crippen LogP) is 1.78. The third kappa shape index (κ3) is 4.39. The van der Waals surface area contributed by atoms with Crippen molar-refractivity contribution < 1.29 is 13.2 Å². The molecule has 0 aliphatic carbocycles. The van der Waals surface area contributed by atoms with Gasteiger partial charge in [-0.1, -0.05) is 18.2 Å². The fourth-order valence-electron chi connectivity index (χ4n) is 3.53. The number of para-hydroxylation sites is 1. The van der Waals surface area contributed by atoms with Crippen LogP contribution in [0.15, 0.2) is 30.3 Å². The highest BCUT2D eigenvalue weighted by Crippen LogP contribution is 2.20. The Morgan fingerprint density at radius 2 is 1.96 bits per heavy atom. The molecule has 1 aromatic heterocycles. The summed E-state index contributed by atoms with van der Waals surface area (Å²) in [6, 6.07) is 9.86. The van der Waals surface area contributed by atoms with Crippen LogP contribution in [0.3, 0.4) is 0 Å². The van der Waals surface area contributed by atoms with Crippen molar-refractivity contribution in [3.8, 4) is 5.69 Å². The Labute approximate surface area is 160 Å². The molecule has 1 atom stereocenters. The van der Waals surface area contributed by atoms with Gasteiger partial charge in [0.25, 0.3) is 0 Å². The number of amides is 1. The van der Waals surface area contributed by atoms with Crippen LogP contribution in [0.25, 0.3) is 5.69 Å². The van der Waals surface area contributed by atoms with Crippen molar-refractivity contribution in [1.29, 1.82) is 0 Å². The van der Waals surface area contributed by atoms with Crippen LogP contribution in [0, 0.1) is 19.8 Å². The smallest absolute Gasteiger partial charge is 0.224 e. The average Bonchev–Trinajstić information content (AvgIpc) is 2.94. The van der Waals surface area contributed by atoms with Crippen molar-refractivity contribution in [3.05, 3.63) is 47.3 Å². The number of nitrogens with zero attached hydrogens (tertiary/aromatic N) is 3. The molecule has 2 heterocycles. The molecule has 1 aromatic carbocycles. The van der Waals surface area contributed by atoms with Crippen molar-refractivity contribution in [2.45, 2.75) is 33.2 Å². The maximum absolute atomic E-state index is 12.6. The number of benzene rings is 1. The molecule has 7 nitrogen and oxygen atoms in total. The van der Waals surface area contributed by atoms with Crippen molar-refractivity contribution >= 4 is 15.9 Å². The summed E-state index contributed by atoms with van der Waals surface area (Å²) < 4.78 is 26.8. The molecule has 8 heteroatoms. The molecule has 1 aliphatic rings. The van der Waals surface area contributed by atoms with E-state index in [1.807, 2.05) is 48.9 Å². The molecular weight excluding hydrogens is 364 g/mol. The molecule has 2 aromatic rings. The van der Waals surface area contributed by atoms with Gasteiger partial charge in [0.1, 0.15) is 0 Å². The lowest BCUT2D eigenvalue weighted by molar-refractivity contribution is -0.126. The van der Waals surface area contributed by atoms with E-state index in [4.69, 9.17) is 0 Å². The van der Waals surface area contributed by atoms with Gasteiger partial charge < -0.3 is 5.32 Å². The first kappa shape index (κ1) is 19.6. The molecule has 0 radical (unpaired) electrons. The van der Waals surface area contributed by atoms with E-state index in [0.717, 1.165) is 22.6 Å². The summed E-state index contributed by atoms with van der Waals surface area (Å²) >= 11 is 0. The quantitative estimate of drug-likeness (QED) is 0.843. The fourth-order valence-corrected chi connectivity index (χ4v) is 4.44. The minimum absolute atomic E-state index is 0.102. The molecule has 146 valence electrons. The van der Waals surface area contributed by atoms with Gasteiger partial charge in [0.05, 0.1) is 23.6 Å². The molecule has 1 N–H and O–H groups in total. The SMILES string of the molecule is Cc1nn(-c2ccccc2)c(C)c1CNC(=O)[C@H]1CCCN(S(C)(=O)=O)C1. The number of carbonyl (C=O) groups excluding carboxylic acids is 1. The Kier molecular flexibility index (Phi) is 5.67.